The van der Waals surface area contributed by atoms with Crippen molar-refractivity contribution in [1.82, 2.24) is 4.90 Å². The third kappa shape index (κ3) is 3.93. The van der Waals surface area contributed by atoms with Crippen LogP contribution in [0.2, 0.25) is 0 Å². The van der Waals surface area contributed by atoms with Gasteiger partial charge in [-0.05, 0) is 48.2 Å². The molecule has 2 aromatic carbocycles. The molecule has 2 aliphatic rings. The van der Waals surface area contributed by atoms with E-state index in [-0.39, 0.29) is 5.91 Å². The number of morpholine rings is 1. The Morgan fingerprint density at radius 2 is 1.80 bits per heavy atom. The second-order valence-corrected chi connectivity index (χ2v) is 8.16. The number of nitrogens with zero attached hydrogens (tertiary/aromatic N) is 1. The van der Waals surface area contributed by atoms with Crippen LogP contribution in [0.3, 0.4) is 0 Å². The van der Waals surface area contributed by atoms with Crippen LogP contribution in [0.4, 0.5) is 8.78 Å². The molecule has 160 valence electrons. The molecule has 4 rings (SSSR count). The van der Waals surface area contributed by atoms with E-state index in [1.54, 1.807) is 7.11 Å². The van der Waals surface area contributed by atoms with Gasteiger partial charge in [-0.15, -0.1) is 0 Å². The lowest BCUT2D eigenvalue weighted by atomic mass is 9.68. The van der Waals surface area contributed by atoms with E-state index in [0.29, 0.717) is 25.3 Å². The highest BCUT2D eigenvalue weighted by atomic mass is 19.2. The zero-order valence-electron chi connectivity index (χ0n) is 17.2. The minimum absolute atomic E-state index is 0.100. The Morgan fingerprint density at radius 1 is 1.07 bits per heavy atom. The minimum atomic E-state index is -0.901. The van der Waals surface area contributed by atoms with Gasteiger partial charge in [0, 0.05) is 6.54 Å². The number of hydrogen-bond acceptors (Lipinski definition) is 3. The Labute approximate surface area is 175 Å². The van der Waals surface area contributed by atoms with Gasteiger partial charge in [0.15, 0.2) is 11.6 Å². The summed E-state index contributed by atoms with van der Waals surface area (Å²) in [4.78, 5) is 15.7. The topological polar surface area (TPSA) is 38.8 Å². The van der Waals surface area contributed by atoms with Crippen molar-refractivity contribution >= 4 is 5.91 Å². The lowest BCUT2D eigenvalue weighted by Gasteiger charge is -2.43. The van der Waals surface area contributed by atoms with E-state index in [9.17, 15) is 13.6 Å². The molecule has 2 aromatic rings. The van der Waals surface area contributed by atoms with E-state index < -0.39 is 23.2 Å². The largest absolute Gasteiger partial charge is 0.497 e. The predicted octanol–water partition coefficient (Wildman–Crippen LogP) is 4.78. The van der Waals surface area contributed by atoms with Gasteiger partial charge in [0.2, 0.25) is 5.91 Å². The maximum absolute atomic E-state index is 13.8. The van der Waals surface area contributed by atoms with Crippen LogP contribution in [0.1, 0.15) is 49.3 Å². The van der Waals surface area contributed by atoms with Gasteiger partial charge in [0.1, 0.15) is 11.9 Å². The maximum atomic E-state index is 13.8. The smallest absolute Gasteiger partial charge is 0.233 e. The lowest BCUT2D eigenvalue weighted by molar-refractivity contribution is -0.146. The molecule has 1 amide bonds. The van der Waals surface area contributed by atoms with Crippen molar-refractivity contribution in [3.05, 3.63) is 65.2 Å². The van der Waals surface area contributed by atoms with E-state index >= 15 is 0 Å². The number of benzene rings is 2. The zero-order valence-corrected chi connectivity index (χ0v) is 17.2. The molecule has 4 nitrogen and oxygen atoms in total. The molecular weight excluding hydrogens is 388 g/mol. The van der Waals surface area contributed by atoms with Crippen LogP contribution in [0.25, 0.3) is 0 Å². The number of halogens is 2. The van der Waals surface area contributed by atoms with Gasteiger partial charge in [-0.2, -0.15) is 0 Å². The molecule has 1 saturated carbocycles. The lowest BCUT2D eigenvalue weighted by Crippen LogP contribution is -2.52. The van der Waals surface area contributed by atoms with Crippen molar-refractivity contribution in [2.75, 3.05) is 26.8 Å². The Kier molecular flexibility index (Phi) is 6.04. The summed E-state index contributed by atoms with van der Waals surface area (Å²) in [6.45, 7) is 1.20. The Bertz CT molecular complexity index is 894. The molecule has 1 aliphatic heterocycles. The summed E-state index contributed by atoms with van der Waals surface area (Å²) < 4.78 is 38.1. The molecule has 0 radical (unpaired) electrons. The van der Waals surface area contributed by atoms with Crippen LogP contribution < -0.4 is 4.74 Å². The van der Waals surface area contributed by atoms with Crippen molar-refractivity contribution in [3.63, 3.8) is 0 Å². The van der Waals surface area contributed by atoms with E-state index in [1.165, 1.54) is 6.07 Å². The summed E-state index contributed by atoms with van der Waals surface area (Å²) in [5.74, 6) is -0.921. The third-order valence-corrected chi connectivity index (χ3v) is 6.43. The molecule has 1 atom stereocenters. The first kappa shape index (κ1) is 20.8. The maximum Gasteiger partial charge on any atom is 0.233 e. The molecular formula is C24H27F2NO3. The molecule has 1 aliphatic carbocycles. The fourth-order valence-corrected chi connectivity index (χ4v) is 4.74. The highest BCUT2D eigenvalue weighted by molar-refractivity contribution is 5.88. The van der Waals surface area contributed by atoms with E-state index in [1.807, 2.05) is 29.2 Å². The number of amides is 1. The Morgan fingerprint density at radius 3 is 2.47 bits per heavy atom. The number of hydrogen-bond donors (Lipinski definition) is 0. The highest BCUT2D eigenvalue weighted by Crippen LogP contribution is 2.42. The SMILES string of the molecule is COc1ccc(C2(C(=O)N3CCOC(c4ccc(F)c(F)c4)C3)CCCCC2)cc1. The Balaban J connectivity index is 1.59. The van der Waals surface area contributed by atoms with Crippen LogP contribution in [-0.2, 0) is 14.9 Å². The van der Waals surface area contributed by atoms with Crippen molar-refractivity contribution in [2.45, 2.75) is 43.6 Å². The second kappa shape index (κ2) is 8.72. The van der Waals surface area contributed by atoms with Crippen molar-refractivity contribution in [1.29, 1.82) is 0 Å². The number of ether oxygens (including phenoxy) is 2. The second-order valence-electron chi connectivity index (χ2n) is 8.16. The molecule has 0 N–H and O–H groups in total. The number of carbonyl (C=O) groups is 1. The normalized spacial score (nSPS) is 21.3. The van der Waals surface area contributed by atoms with Crippen LogP contribution in [0.15, 0.2) is 42.5 Å². The van der Waals surface area contributed by atoms with Crippen molar-refractivity contribution < 1.29 is 23.0 Å². The fourth-order valence-electron chi connectivity index (χ4n) is 4.74. The molecule has 2 fully saturated rings. The number of methoxy groups -OCH3 is 1. The van der Waals surface area contributed by atoms with Crippen molar-refractivity contribution in [3.8, 4) is 5.75 Å². The standard InChI is InChI=1S/C24H27F2NO3/c1-29-19-8-6-18(7-9-19)24(11-3-2-4-12-24)23(28)27-13-14-30-22(16-27)17-5-10-20(25)21(26)15-17/h5-10,15,22H,2-4,11-14,16H2,1H3. The van der Waals surface area contributed by atoms with Crippen molar-refractivity contribution in [2.24, 2.45) is 0 Å². The summed E-state index contributed by atoms with van der Waals surface area (Å²) in [7, 11) is 1.63. The van der Waals surface area contributed by atoms with Gasteiger partial charge in [0.25, 0.3) is 0 Å². The van der Waals surface area contributed by atoms with Crippen LogP contribution >= 0.6 is 0 Å². The fraction of sp³-hybridized carbons (Fsp3) is 0.458. The molecule has 0 aromatic heterocycles. The number of rotatable bonds is 4. The monoisotopic (exact) mass is 415 g/mol. The Hall–Kier alpha value is -2.47. The summed E-state index contributed by atoms with van der Waals surface area (Å²) in [6.07, 6.45) is 4.31. The average Bonchev–Trinajstić information content (AvgIpc) is 2.81. The van der Waals surface area contributed by atoms with Gasteiger partial charge < -0.3 is 14.4 Å². The van der Waals surface area contributed by atoms with Crippen LogP contribution in [-0.4, -0.2) is 37.6 Å². The molecule has 1 saturated heterocycles. The van der Waals surface area contributed by atoms with Gasteiger partial charge in [-0.3, -0.25) is 4.79 Å². The van der Waals surface area contributed by atoms with Gasteiger partial charge >= 0.3 is 0 Å². The third-order valence-electron chi connectivity index (χ3n) is 6.43. The summed E-state index contributed by atoms with van der Waals surface area (Å²) in [6, 6.07) is 11.6. The summed E-state index contributed by atoms with van der Waals surface area (Å²) in [5, 5.41) is 0. The molecule has 30 heavy (non-hydrogen) atoms. The minimum Gasteiger partial charge on any atom is -0.497 e. The average molecular weight is 415 g/mol. The van der Waals surface area contributed by atoms with Crippen LogP contribution in [0.5, 0.6) is 5.75 Å². The van der Waals surface area contributed by atoms with Crippen LogP contribution in [0, 0.1) is 11.6 Å². The quantitative estimate of drug-likeness (QED) is 0.722. The first-order chi connectivity index (χ1) is 14.5. The van der Waals surface area contributed by atoms with E-state index in [2.05, 4.69) is 0 Å². The predicted molar refractivity (Wildman–Crippen MR) is 109 cm³/mol. The molecule has 1 unspecified atom stereocenters. The van der Waals surface area contributed by atoms with Gasteiger partial charge in [0.05, 0.1) is 25.7 Å². The van der Waals surface area contributed by atoms with Gasteiger partial charge in [-0.25, -0.2) is 8.78 Å². The van der Waals surface area contributed by atoms with E-state index in [4.69, 9.17) is 9.47 Å². The molecule has 0 bridgehead atoms. The first-order valence-corrected chi connectivity index (χ1v) is 10.5. The zero-order chi connectivity index (χ0) is 21.1. The molecule has 1 heterocycles. The first-order valence-electron chi connectivity index (χ1n) is 10.5. The summed E-state index contributed by atoms with van der Waals surface area (Å²) >= 11 is 0. The van der Waals surface area contributed by atoms with E-state index in [0.717, 1.165) is 55.5 Å². The summed E-state index contributed by atoms with van der Waals surface area (Å²) in [5.41, 5.74) is 1.01. The molecule has 0 spiro atoms. The highest BCUT2D eigenvalue weighted by Gasteiger charge is 2.44. The number of carbonyl (C=O) groups excluding carboxylic acids is 1. The molecule has 6 heteroatoms. The van der Waals surface area contributed by atoms with Gasteiger partial charge in [-0.1, -0.05) is 37.5 Å².